The third-order valence-electron chi connectivity index (χ3n) is 7.37. The molecule has 3 aliphatic carbocycles. The Morgan fingerprint density at radius 3 is 2.48 bits per heavy atom. The van der Waals surface area contributed by atoms with Crippen LogP contribution in [0.1, 0.15) is 70.4 Å². The molecule has 0 radical (unpaired) electrons. The summed E-state index contributed by atoms with van der Waals surface area (Å²) in [6.45, 7) is 3.70. The number of carbonyl (C=O) groups is 1. The van der Waals surface area contributed by atoms with Gasteiger partial charge in [0.05, 0.1) is 29.4 Å². The fraction of sp³-hybridized carbons (Fsp3) is 0.696. The highest BCUT2D eigenvalue weighted by atomic mass is 35.5. The number of benzene rings is 1. The van der Waals surface area contributed by atoms with Crippen LogP contribution in [0.25, 0.3) is 0 Å². The van der Waals surface area contributed by atoms with Crippen LogP contribution in [0, 0.1) is 23.0 Å². The third-order valence-corrected chi connectivity index (χ3v) is 7.66. The molecule has 1 unspecified atom stereocenters. The van der Waals surface area contributed by atoms with Crippen LogP contribution in [0.4, 0.5) is 13.2 Å². The number of hydrogen-bond donors (Lipinski definition) is 2. The maximum absolute atomic E-state index is 15.0. The van der Waals surface area contributed by atoms with E-state index in [2.05, 4.69) is 5.32 Å². The van der Waals surface area contributed by atoms with Gasteiger partial charge in [-0.25, -0.2) is 13.2 Å². The van der Waals surface area contributed by atoms with E-state index in [9.17, 15) is 23.1 Å². The minimum atomic E-state index is -1.35. The topological polar surface area (TPSA) is 58.6 Å². The number of hydrogen-bond acceptors (Lipinski definition) is 3. The van der Waals surface area contributed by atoms with E-state index in [1.165, 1.54) is 0 Å². The van der Waals surface area contributed by atoms with Crippen LogP contribution in [0.5, 0.6) is 0 Å². The summed E-state index contributed by atoms with van der Waals surface area (Å²) in [5, 5.41) is 12.9. The fourth-order valence-corrected chi connectivity index (χ4v) is 6.02. The minimum absolute atomic E-state index is 0.0996. The Morgan fingerprint density at radius 1 is 1.23 bits per heavy atom. The lowest BCUT2D eigenvalue weighted by molar-refractivity contribution is -0.127. The molecule has 4 nitrogen and oxygen atoms in total. The van der Waals surface area contributed by atoms with Crippen molar-refractivity contribution in [3.63, 3.8) is 0 Å². The number of halogens is 4. The van der Waals surface area contributed by atoms with Crippen molar-refractivity contribution in [2.45, 2.75) is 88.8 Å². The van der Waals surface area contributed by atoms with E-state index >= 15 is 0 Å². The predicted molar refractivity (Wildman–Crippen MR) is 110 cm³/mol. The van der Waals surface area contributed by atoms with Crippen LogP contribution >= 0.6 is 11.6 Å². The Labute approximate surface area is 185 Å². The van der Waals surface area contributed by atoms with Gasteiger partial charge in [-0.1, -0.05) is 11.6 Å². The molecule has 0 heterocycles. The number of amides is 1. The lowest BCUT2D eigenvalue weighted by Gasteiger charge is -2.37. The van der Waals surface area contributed by atoms with E-state index in [1.807, 2.05) is 13.8 Å². The Morgan fingerprint density at radius 2 is 1.90 bits per heavy atom. The molecule has 4 atom stereocenters. The van der Waals surface area contributed by atoms with Gasteiger partial charge in [-0.05, 0) is 76.3 Å². The van der Waals surface area contributed by atoms with Crippen LogP contribution in [0.15, 0.2) is 12.1 Å². The van der Waals surface area contributed by atoms with Gasteiger partial charge >= 0.3 is 0 Å². The molecule has 1 aromatic rings. The van der Waals surface area contributed by atoms with Gasteiger partial charge in [-0.2, -0.15) is 0 Å². The molecule has 8 heteroatoms. The van der Waals surface area contributed by atoms with Gasteiger partial charge in [0.2, 0.25) is 5.91 Å². The lowest BCUT2D eigenvalue weighted by Crippen LogP contribution is -2.42. The van der Waals surface area contributed by atoms with E-state index in [4.69, 9.17) is 16.3 Å². The maximum atomic E-state index is 15.0. The first-order valence-electron chi connectivity index (χ1n) is 11.0. The number of fused-ring (bicyclic) bond motifs is 2. The number of alkyl halides is 1. The van der Waals surface area contributed by atoms with Crippen LogP contribution in [-0.2, 0) is 9.53 Å². The molecule has 3 fully saturated rings. The second-order valence-corrected chi connectivity index (χ2v) is 10.3. The van der Waals surface area contributed by atoms with Crippen molar-refractivity contribution < 1.29 is 27.8 Å². The van der Waals surface area contributed by atoms with Crippen molar-refractivity contribution in [2.24, 2.45) is 11.3 Å². The monoisotopic (exact) mass is 459 g/mol. The number of rotatable bonds is 6. The summed E-state index contributed by atoms with van der Waals surface area (Å²) in [5.74, 6) is -2.69. The van der Waals surface area contributed by atoms with Gasteiger partial charge in [0.1, 0.15) is 17.3 Å². The first kappa shape index (κ1) is 22.9. The smallest absolute Gasteiger partial charge is 0.223 e. The van der Waals surface area contributed by atoms with Gasteiger partial charge in [-0.15, -0.1) is 0 Å². The Hall–Kier alpha value is -1.31. The zero-order chi connectivity index (χ0) is 22.6. The highest BCUT2D eigenvalue weighted by Crippen LogP contribution is 2.63. The Balaban J connectivity index is 1.63. The molecule has 31 heavy (non-hydrogen) atoms. The maximum Gasteiger partial charge on any atom is 0.223 e. The van der Waals surface area contributed by atoms with Gasteiger partial charge in [0.15, 0.2) is 0 Å². The minimum Gasteiger partial charge on any atom is -0.390 e. The average molecular weight is 460 g/mol. The van der Waals surface area contributed by atoms with Gasteiger partial charge < -0.3 is 15.2 Å². The molecule has 2 bridgehead atoms. The van der Waals surface area contributed by atoms with Crippen molar-refractivity contribution in [2.75, 3.05) is 0 Å². The zero-order valence-corrected chi connectivity index (χ0v) is 18.5. The molecule has 172 valence electrons. The largest absolute Gasteiger partial charge is 0.390 e. The third kappa shape index (κ3) is 4.21. The predicted octanol–water partition coefficient (Wildman–Crippen LogP) is 5.01. The van der Waals surface area contributed by atoms with Gasteiger partial charge in [0, 0.05) is 11.5 Å². The number of nitrogens with one attached hydrogen (secondary N) is 1. The number of carbonyl (C=O) groups excluding carboxylic acids is 1. The summed E-state index contributed by atoms with van der Waals surface area (Å²) in [5.41, 5.74) is -2.42. The Kier molecular flexibility index (Phi) is 6.07. The standard InChI is InChI=1S/C23H29ClF3NO3/c1-12(2)31-17-10-13(9-16(17)29)21(30)28-20(18-15(25)4-3-14(24)19(18)26)22-5-7-23(27,11-22)8-6-22/h3-4,12-13,16-17,20,29H,5-11H2,1-2H3,(H,28,30)/t13-,16+,17-,20?,22?,23?/m0/s1. The van der Waals surface area contributed by atoms with Crippen molar-refractivity contribution in [3.8, 4) is 0 Å². The quantitative estimate of drug-likeness (QED) is 0.588. The molecule has 2 N–H and O–H groups in total. The van der Waals surface area contributed by atoms with E-state index in [-0.39, 0.29) is 29.5 Å². The molecule has 3 saturated carbocycles. The molecular formula is C23H29ClF3NO3. The number of ether oxygens (including phenoxy) is 1. The highest BCUT2D eigenvalue weighted by Gasteiger charge is 2.59. The first-order chi connectivity index (χ1) is 14.5. The van der Waals surface area contributed by atoms with E-state index in [0.717, 1.165) is 12.1 Å². The van der Waals surface area contributed by atoms with Crippen molar-refractivity contribution >= 4 is 17.5 Å². The summed E-state index contributed by atoms with van der Waals surface area (Å²) in [4.78, 5) is 13.2. The second kappa shape index (κ2) is 8.23. The van der Waals surface area contributed by atoms with Crippen molar-refractivity contribution in [1.29, 1.82) is 0 Å². The summed E-state index contributed by atoms with van der Waals surface area (Å²) < 4.78 is 50.5. The zero-order valence-electron chi connectivity index (χ0n) is 17.8. The van der Waals surface area contributed by atoms with Crippen molar-refractivity contribution in [3.05, 3.63) is 34.4 Å². The molecule has 0 saturated heterocycles. The molecule has 1 amide bonds. The normalized spacial score (nSPS) is 35.7. The summed E-state index contributed by atoms with van der Waals surface area (Å²) >= 11 is 5.94. The van der Waals surface area contributed by atoms with Crippen LogP contribution < -0.4 is 5.32 Å². The van der Waals surface area contributed by atoms with Gasteiger partial charge in [-0.3, -0.25) is 4.79 Å². The van der Waals surface area contributed by atoms with Crippen LogP contribution in [0.2, 0.25) is 5.02 Å². The molecule has 0 aromatic heterocycles. The Bertz CT molecular complexity index is 857. The van der Waals surface area contributed by atoms with Crippen LogP contribution in [0.3, 0.4) is 0 Å². The molecule has 0 aliphatic heterocycles. The highest BCUT2D eigenvalue weighted by molar-refractivity contribution is 6.30. The molecule has 3 aliphatic rings. The average Bonchev–Trinajstić information content (AvgIpc) is 3.35. The fourth-order valence-electron chi connectivity index (χ4n) is 5.86. The summed E-state index contributed by atoms with van der Waals surface area (Å²) in [7, 11) is 0. The summed E-state index contributed by atoms with van der Waals surface area (Å²) in [6.07, 6.45) is 0.827. The molecule has 0 spiro atoms. The number of aliphatic hydroxyl groups is 1. The van der Waals surface area contributed by atoms with E-state index < -0.39 is 52.8 Å². The molecule has 4 rings (SSSR count). The lowest BCUT2D eigenvalue weighted by atomic mass is 9.74. The number of aliphatic hydroxyl groups excluding tert-OH is 1. The first-order valence-corrected chi connectivity index (χ1v) is 11.4. The van der Waals surface area contributed by atoms with E-state index in [0.29, 0.717) is 32.1 Å². The SMILES string of the molecule is CC(C)O[C@H]1C[C@@H](C(=O)NC(c2c(F)ccc(Cl)c2F)C23CCC(F)(CC2)C3)C[C@H]1O. The van der Waals surface area contributed by atoms with Crippen molar-refractivity contribution in [1.82, 2.24) is 5.32 Å². The molecular weight excluding hydrogens is 431 g/mol. The molecule has 1 aromatic carbocycles. The van der Waals surface area contributed by atoms with Gasteiger partial charge in [0.25, 0.3) is 0 Å². The van der Waals surface area contributed by atoms with E-state index in [1.54, 1.807) is 0 Å². The second-order valence-electron chi connectivity index (χ2n) is 9.85. The van der Waals surface area contributed by atoms with Crippen LogP contribution in [-0.4, -0.2) is 35.0 Å². The summed E-state index contributed by atoms with van der Waals surface area (Å²) in [6, 6.07) is 1.19.